The van der Waals surface area contributed by atoms with Crippen LogP contribution >= 0.6 is 11.8 Å². The second-order valence-electron chi connectivity index (χ2n) is 5.36. The van der Waals surface area contributed by atoms with E-state index >= 15 is 0 Å². The highest BCUT2D eigenvalue weighted by molar-refractivity contribution is 8.00. The van der Waals surface area contributed by atoms with Crippen molar-refractivity contribution in [2.75, 3.05) is 0 Å². The Bertz CT molecular complexity index is 792. The van der Waals surface area contributed by atoms with E-state index in [1.165, 1.54) is 6.07 Å². The van der Waals surface area contributed by atoms with E-state index in [0.29, 0.717) is 22.8 Å². The van der Waals surface area contributed by atoms with E-state index in [4.69, 9.17) is 0 Å². The van der Waals surface area contributed by atoms with Crippen molar-refractivity contribution in [3.8, 4) is 0 Å². The Balaban J connectivity index is 1.92. The van der Waals surface area contributed by atoms with Gasteiger partial charge in [0.1, 0.15) is 0 Å². The zero-order chi connectivity index (χ0) is 18.2. The normalized spacial score (nSPS) is 11.6. The van der Waals surface area contributed by atoms with Crippen LogP contribution in [0.4, 0.5) is 0 Å². The minimum atomic E-state index is -0.545. The van der Waals surface area contributed by atoms with Crippen LogP contribution in [0.25, 0.3) is 0 Å². The number of rotatable bonds is 6. The van der Waals surface area contributed by atoms with Crippen molar-refractivity contribution < 1.29 is 9.59 Å². The first-order chi connectivity index (χ1) is 12.0. The Morgan fingerprint density at radius 2 is 1.96 bits per heavy atom. The molecule has 0 saturated heterocycles. The summed E-state index contributed by atoms with van der Waals surface area (Å²) in [6.07, 6.45) is 1.58. The number of aromatic nitrogens is 2. The molecular weight excluding hydrogens is 340 g/mol. The Labute approximate surface area is 149 Å². The van der Waals surface area contributed by atoms with Crippen molar-refractivity contribution in [1.82, 2.24) is 20.8 Å². The SMILES string of the molecule is CCCc1cc(=O)[nH]c(S[C@H](C)C(=O)NNC(=O)c2ccccc2)n1. The minimum absolute atomic E-state index is 0.245. The number of carbonyl (C=O) groups is 2. The molecule has 1 atom stereocenters. The highest BCUT2D eigenvalue weighted by atomic mass is 32.2. The first-order valence-corrected chi connectivity index (χ1v) is 8.79. The van der Waals surface area contributed by atoms with Crippen LogP contribution in [-0.4, -0.2) is 27.0 Å². The fourth-order valence-corrected chi connectivity index (χ4v) is 2.86. The average Bonchev–Trinajstić information content (AvgIpc) is 2.59. The molecule has 0 radical (unpaired) electrons. The van der Waals surface area contributed by atoms with Crippen LogP contribution in [0.1, 0.15) is 36.3 Å². The van der Waals surface area contributed by atoms with Gasteiger partial charge in [-0.25, -0.2) is 4.98 Å². The number of nitrogens with zero attached hydrogens (tertiary/aromatic N) is 1. The van der Waals surface area contributed by atoms with Gasteiger partial charge in [-0.2, -0.15) is 0 Å². The summed E-state index contributed by atoms with van der Waals surface area (Å²) in [5, 5.41) is -0.163. The van der Waals surface area contributed by atoms with Crippen LogP contribution in [-0.2, 0) is 11.2 Å². The summed E-state index contributed by atoms with van der Waals surface area (Å²) in [4.78, 5) is 42.6. The summed E-state index contributed by atoms with van der Waals surface area (Å²) in [5.74, 6) is -0.791. The summed E-state index contributed by atoms with van der Waals surface area (Å²) in [6.45, 7) is 3.67. The maximum absolute atomic E-state index is 12.1. The molecule has 0 unspecified atom stereocenters. The molecule has 2 amide bonds. The summed E-state index contributed by atoms with van der Waals surface area (Å²) in [5.41, 5.74) is 5.64. The smallest absolute Gasteiger partial charge is 0.269 e. The average molecular weight is 360 g/mol. The Kier molecular flexibility index (Phi) is 6.76. The molecule has 1 aromatic heterocycles. The van der Waals surface area contributed by atoms with Gasteiger partial charge < -0.3 is 4.98 Å². The molecule has 0 bridgehead atoms. The molecule has 1 aromatic carbocycles. The molecular formula is C17H20N4O3S. The lowest BCUT2D eigenvalue weighted by molar-refractivity contribution is -0.121. The molecule has 1 heterocycles. The van der Waals surface area contributed by atoms with E-state index in [1.807, 2.05) is 6.92 Å². The summed E-state index contributed by atoms with van der Waals surface area (Å²) in [7, 11) is 0. The zero-order valence-electron chi connectivity index (χ0n) is 14.0. The highest BCUT2D eigenvalue weighted by Gasteiger charge is 2.17. The Morgan fingerprint density at radius 3 is 2.64 bits per heavy atom. The number of hydrazine groups is 1. The monoisotopic (exact) mass is 360 g/mol. The largest absolute Gasteiger partial charge is 0.301 e. The topological polar surface area (TPSA) is 104 Å². The molecule has 2 rings (SSSR count). The van der Waals surface area contributed by atoms with Gasteiger partial charge in [0.25, 0.3) is 17.4 Å². The molecule has 2 aromatic rings. The van der Waals surface area contributed by atoms with Crippen LogP contribution in [0.5, 0.6) is 0 Å². The van der Waals surface area contributed by atoms with Gasteiger partial charge in [-0.3, -0.25) is 25.2 Å². The number of aromatic amines is 1. The number of hydrogen-bond acceptors (Lipinski definition) is 5. The fraction of sp³-hybridized carbons (Fsp3) is 0.294. The third kappa shape index (κ3) is 5.75. The second kappa shape index (κ2) is 9.03. The molecule has 0 aliphatic rings. The number of amides is 2. The molecule has 7 nitrogen and oxygen atoms in total. The second-order valence-corrected chi connectivity index (χ2v) is 6.69. The van der Waals surface area contributed by atoms with Gasteiger partial charge >= 0.3 is 0 Å². The third-order valence-electron chi connectivity index (χ3n) is 3.27. The van der Waals surface area contributed by atoms with Crippen LogP contribution < -0.4 is 16.4 Å². The Morgan fingerprint density at radius 1 is 1.24 bits per heavy atom. The lowest BCUT2D eigenvalue weighted by atomic mass is 10.2. The van der Waals surface area contributed by atoms with Crippen LogP contribution in [0, 0.1) is 0 Å². The van der Waals surface area contributed by atoms with Crippen molar-refractivity contribution in [1.29, 1.82) is 0 Å². The van der Waals surface area contributed by atoms with Gasteiger partial charge in [-0.15, -0.1) is 0 Å². The number of benzene rings is 1. The standard InChI is InChI=1S/C17H20N4O3S/c1-3-7-13-10-14(22)19-17(18-13)25-11(2)15(23)20-21-16(24)12-8-5-4-6-9-12/h4-6,8-11H,3,7H2,1-2H3,(H,20,23)(H,21,24)(H,18,19,22)/t11-/m1/s1. The van der Waals surface area contributed by atoms with Crippen molar-refractivity contribution in [2.24, 2.45) is 0 Å². The van der Waals surface area contributed by atoms with Crippen molar-refractivity contribution in [2.45, 2.75) is 37.1 Å². The molecule has 0 aliphatic heterocycles. The Hall–Kier alpha value is -2.61. The molecule has 132 valence electrons. The molecule has 8 heteroatoms. The number of H-pyrrole nitrogens is 1. The summed E-state index contributed by atoms with van der Waals surface area (Å²) < 4.78 is 0. The molecule has 0 saturated carbocycles. The predicted octanol–water partition coefficient (Wildman–Crippen LogP) is 1.66. The van der Waals surface area contributed by atoms with Gasteiger partial charge in [0.2, 0.25) is 0 Å². The summed E-state index contributed by atoms with van der Waals surface area (Å²) in [6, 6.07) is 10.0. The quantitative estimate of drug-likeness (QED) is 0.413. The van der Waals surface area contributed by atoms with E-state index in [2.05, 4.69) is 20.8 Å². The number of carbonyl (C=O) groups excluding carboxylic acids is 2. The maximum Gasteiger partial charge on any atom is 0.269 e. The first-order valence-electron chi connectivity index (χ1n) is 7.91. The highest BCUT2D eigenvalue weighted by Crippen LogP contribution is 2.18. The molecule has 3 N–H and O–H groups in total. The van der Waals surface area contributed by atoms with E-state index in [1.54, 1.807) is 37.3 Å². The van der Waals surface area contributed by atoms with E-state index in [0.717, 1.165) is 18.2 Å². The molecule has 0 fully saturated rings. The van der Waals surface area contributed by atoms with Crippen molar-refractivity contribution in [3.05, 3.63) is 58.0 Å². The predicted molar refractivity (Wildman–Crippen MR) is 96.2 cm³/mol. The lowest BCUT2D eigenvalue weighted by Crippen LogP contribution is -2.45. The van der Waals surface area contributed by atoms with Crippen LogP contribution in [0.2, 0.25) is 0 Å². The number of hydrogen-bond donors (Lipinski definition) is 3. The number of thioether (sulfide) groups is 1. The van der Waals surface area contributed by atoms with Crippen molar-refractivity contribution in [3.63, 3.8) is 0 Å². The van der Waals surface area contributed by atoms with Crippen molar-refractivity contribution >= 4 is 23.6 Å². The third-order valence-corrected chi connectivity index (χ3v) is 4.26. The van der Waals surface area contributed by atoms with Crippen LogP contribution in [0.15, 0.2) is 46.3 Å². The first kappa shape index (κ1) is 18.7. The molecule has 0 aliphatic carbocycles. The number of aryl methyl sites for hydroxylation is 1. The van der Waals surface area contributed by atoms with Gasteiger partial charge in [0.05, 0.1) is 5.25 Å². The summed E-state index contributed by atoms with van der Waals surface area (Å²) >= 11 is 1.12. The minimum Gasteiger partial charge on any atom is -0.301 e. The van der Waals surface area contributed by atoms with Gasteiger partial charge in [0.15, 0.2) is 5.16 Å². The van der Waals surface area contributed by atoms with Gasteiger partial charge in [-0.1, -0.05) is 43.3 Å². The van der Waals surface area contributed by atoms with Gasteiger partial charge in [-0.05, 0) is 25.5 Å². The number of nitrogens with one attached hydrogen (secondary N) is 3. The molecule has 25 heavy (non-hydrogen) atoms. The van der Waals surface area contributed by atoms with Gasteiger partial charge in [0, 0.05) is 17.3 Å². The van der Waals surface area contributed by atoms with E-state index < -0.39 is 17.1 Å². The van der Waals surface area contributed by atoms with E-state index in [9.17, 15) is 14.4 Å². The maximum atomic E-state index is 12.1. The van der Waals surface area contributed by atoms with Crippen LogP contribution in [0.3, 0.4) is 0 Å². The zero-order valence-corrected chi connectivity index (χ0v) is 14.9. The molecule has 0 spiro atoms. The lowest BCUT2D eigenvalue weighted by Gasteiger charge is -2.12. The fourth-order valence-electron chi connectivity index (χ4n) is 2.03. The van der Waals surface area contributed by atoms with E-state index in [-0.39, 0.29) is 5.56 Å².